The van der Waals surface area contributed by atoms with Crippen LogP contribution in [0.4, 0.5) is 17.1 Å². The van der Waals surface area contributed by atoms with Crippen molar-refractivity contribution in [3.63, 3.8) is 0 Å². The van der Waals surface area contributed by atoms with Crippen molar-refractivity contribution in [2.75, 3.05) is 4.90 Å². The fraction of sp³-hybridized carbons (Fsp3) is 0. The van der Waals surface area contributed by atoms with Crippen LogP contribution in [0.5, 0.6) is 0 Å². The number of hydrogen-bond donors (Lipinski definition) is 0. The van der Waals surface area contributed by atoms with Crippen LogP contribution < -0.4 is 4.90 Å². The molecule has 10 aromatic rings. The number of rotatable bonds is 7. The molecule has 9 aromatic carbocycles. The van der Waals surface area contributed by atoms with Gasteiger partial charge in [0, 0.05) is 33.4 Å². The molecule has 2 heteroatoms. The molecule has 1 heterocycles. The lowest BCUT2D eigenvalue weighted by molar-refractivity contribution is 1.18. The van der Waals surface area contributed by atoms with E-state index in [9.17, 15) is 0 Å². The molecule has 0 aliphatic carbocycles. The number of anilines is 3. The first-order valence-electron chi connectivity index (χ1n) is 18.5. The zero-order valence-corrected chi connectivity index (χ0v) is 29.7. The number of benzene rings is 9. The molecule has 0 radical (unpaired) electrons. The summed E-state index contributed by atoms with van der Waals surface area (Å²) < 4.78 is 2.37. The monoisotopic (exact) mass is 688 g/mol. The van der Waals surface area contributed by atoms with Gasteiger partial charge in [-0.3, -0.25) is 0 Å². The average Bonchev–Trinajstić information content (AvgIpc) is 3.59. The van der Waals surface area contributed by atoms with Gasteiger partial charge in [-0.2, -0.15) is 0 Å². The van der Waals surface area contributed by atoms with Crippen LogP contribution in [0.3, 0.4) is 0 Å². The lowest BCUT2D eigenvalue weighted by Gasteiger charge is -2.28. The van der Waals surface area contributed by atoms with Crippen LogP contribution in [0.25, 0.3) is 71.6 Å². The van der Waals surface area contributed by atoms with E-state index in [0.29, 0.717) is 0 Å². The Labute approximate surface area is 315 Å². The van der Waals surface area contributed by atoms with E-state index in [1.165, 1.54) is 66.0 Å². The van der Waals surface area contributed by atoms with Crippen LogP contribution in [-0.4, -0.2) is 4.57 Å². The lowest BCUT2D eigenvalue weighted by atomic mass is 9.98. The van der Waals surface area contributed by atoms with E-state index in [1.807, 2.05) is 0 Å². The quantitative estimate of drug-likeness (QED) is 0.162. The molecule has 0 aliphatic heterocycles. The van der Waals surface area contributed by atoms with Crippen LogP contribution >= 0.6 is 0 Å². The highest BCUT2D eigenvalue weighted by atomic mass is 15.1. The Morgan fingerprint density at radius 3 is 1.41 bits per heavy atom. The highest BCUT2D eigenvalue weighted by molar-refractivity contribution is 6.09. The predicted octanol–water partition coefficient (Wildman–Crippen LogP) is 14.4. The maximum absolute atomic E-state index is 2.38. The lowest BCUT2D eigenvalue weighted by Crippen LogP contribution is -2.11. The van der Waals surface area contributed by atoms with Gasteiger partial charge < -0.3 is 9.47 Å². The first-order chi connectivity index (χ1) is 26.8. The Kier molecular flexibility index (Phi) is 7.85. The third-order valence-corrected chi connectivity index (χ3v) is 10.6. The summed E-state index contributed by atoms with van der Waals surface area (Å²) in [5.74, 6) is 0. The van der Waals surface area contributed by atoms with E-state index in [2.05, 4.69) is 228 Å². The van der Waals surface area contributed by atoms with Crippen molar-refractivity contribution in [3.8, 4) is 39.1 Å². The molecule has 0 bridgehead atoms. The zero-order valence-electron chi connectivity index (χ0n) is 29.7. The predicted molar refractivity (Wildman–Crippen MR) is 229 cm³/mol. The van der Waals surface area contributed by atoms with Gasteiger partial charge in [0.05, 0.1) is 16.7 Å². The zero-order chi connectivity index (χ0) is 35.8. The maximum atomic E-state index is 2.38. The third-order valence-electron chi connectivity index (χ3n) is 10.6. The van der Waals surface area contributed by atoms with Crippen molar-refractivity contribution in [2.24, 2.45) is 0 Å². The van der Waals surface area contributed by atoms with Gasteiger partial charge in [0.25, 0.3) is 0 Å². The topological polar surface area (TPSA) is 8.17 Å². The molecule has 0 saturated heterocycles. The normalized spacial score (nSPS) is 11.3. The van der Waals surface area contributed by atoms with E-state index in [-0.39, 0.29) is 0 Å². The standard InChI is InChI=1S/C52H36N2/c1-2-12-37(13-3-1)39-24-30-44(31-25-39)53(50-19-9-6-16-47(50)43-23-22-38-14-4-5-15-42(38)36-43)45-32-26-40(27-33-45)41-28-34-46(35-29-41)54-51-20-10-7-17-48(51)49-18-8-11-21-52(49)54/h1-36H. The van der Waals surface area contributed by atoms with E-state index < -0.39 is 0 Å². The van der Waals surface area contributed by atoms with E-state index in [4.69, 9.17) is 0 Å². The SMILES string of the molecule is c1ccc(-c2ccc(N(c3ccc(-c4ccc(-n5c6ccccc6c6ccccc65)cc4)cc3)c3ccccc3-c3ccc4ccccc4c3)cc2)cc1. The molecule has 0 amide bonds. The molecule has 254 valence electrons. The molecule has 0 atom stereocenters. The van der Waals surface area contributed by atoms with E-state index >= 15 is 0 Å². The highest BCUT2D eigenvalue weighted by Gasteiger charge is 2.18. The Morgan fingerprint density at radius 2 is 0.778 bits per heavy atom. The maximum Gasteiger partial charge on any atom is 0.0541 e. The van der Waals surface area contributed by atoms with Gasteiger partial charge in [0.15, 0.2) is 0 Å². The Balaban J connectivity index is 1.04. The van der Waals surface area contributed by atoms with Gasteiger partial charge >= 0.3 is 0 Å². The van der Waals surface area contributed by atoms with Crippen LogP contribution in [0.15, 0.2) is 218 Å². The van der Waals surface area contributed by atoms with Gasteiger partial charge in [-0.05, 0) is 99.3 Å². The number of para-hydroxylation sites is 3. The molecule has 0 unspecified atom stereocenters. The summed E-state index contributed by atoms with van der Waals surface area (Å²) in [6, 6.07) is 78.8. The van der Waals surface area contributed by atoms with E-state index in [0.717, 1.165) is 22.7 Å². The van der Waals surface area contributed by atoms with Crippen molar-refractivity contribution < 1.29 is 0 Å². The van der Waals surface area contributed by atoms with Gasteiger partial charge in [-0.25, -0.2) is 0 Å². The molecule has 0 spiro atoms. The smallest absolute Gasteiger partial charge is 0.0541 e. The van der Waals surface area contributed by atoms with Crippen molar-refractivity contribution in [3.05, 3.63) is 218 Å². The third kappa shape index (κ3) is 5.62. The number of fused-ring (bicyclic) bond motifs is 4. The summed E-state index contributed by atoms with van der Waals surface area (Å²) in [6.07, 6.45) is 0. The van der Waals surface area contributed by atoms with Crippen LogP contribution in [0, 0.1) is 0 Å². The van der Waals surface area contributed by atoms with Gasteiger partial charge in [-0.1, -0.05) is 158 Å². The Morgan fingerprint density at radius 1 is 0.315 bits per heavy atom. The van der Waals surface area contributed by atoms with Crippen molar-refractivity contribution in [2.45, 2.75) is 0 Å². The highest BCUT2D eigenvalue weighted by Crippen LogP contribution is 2.42. The molecule has 0 saturated carbocycles. The second-order valence-corrected chi connectivity index (χ2v) is 13.8. The molecule has 0 fully saturated rings. The Bertz CT molecular complexity index is 2850. The summed E-state index contributed by atoms with van der Waals surface area (Å²) in [7, 11) is 0. The summed E-state index contributed by atoms with van der Waals surface area (Å²) in [6.45, 7) is 0. The summed E-state index contributed by atoms with van der Waals surface area (Å²) in [5, 5.41) is 5.02. The minimum Gasteiger partial charge on any atom is -0.310 e. The van der Waals surface area contributed by atoms with Crippen LogP contribution in [0.2, 0.25) is 0 Å². The first kappa shape index (κ1) is 31.6. The van der Waals surface area contributed by atoms with Crippen LogP contribution in [0.1, 0.15) is 0 Å². The number of hydrogen-bond acceptors (Lipinski definition) is 1. The molecule has 0 aliphatic rings. The molecule has 0 N–H and O–H groups in total. The van der Waals surface area contributed by atoms with Gasteiger partial charge in [0.2, 0.25) is 0 Å². The fourth-order valence-corrected chi connectivity index (χ4v) is 7.94. The van der Waals surface area contributed by atoms with Crippen LogP contribution in [-0.2, 0) is 0 Å². The van der Waals surface area contributed by atoms with Crippen molar-refractivity contribution in [1.29, 1.82) is 0 Å². The largest absolute Gasteiger partial charge is 0.310 e. The fourth-order valence-electron chi connectivity index (χ4n) is 7.94. The number of aromatic nitrogens is 1. The first-order valence-corrected chi connectivity index (χ1v) is 18.5. The molecule has 2 nitrogen and oxygen atoms in total. The van der Waals surface area contributed by atoms with Gasteiger partial charge in [0.1, 0.15) is 0 Å². The molecule has 10 rings (SSSR count). The summed E-state index contributed by atoms with van der Waals surface area (Å²) in [4.78, 5) is 2.38. The average molecular weight is 689 g/mol. The summed E-state index contributed by atoms with van der Waals surface area (Å²) in [5.41, 5.74) is 14.1. The second-order valence-electron chi connectivity index (χ2n) is 13.8. The van der Waals surface area contributed by atoms with Crippen molar-refractivity contribution >= 4 is 49.6 Å². The molecular weight excluding hydrogens is 653 g/mol. The molecular formula is C52H36N2. The molecule has 54 heavy (non-hydrogen) atoms. The molecule has 1 aromatic heterocycles. The Hall–Kier alpha value is -7.16. The van der Waals surface area contributed by atoms with Gasteiger partial charge in [-0.15, -0.1) is 0 Å². The van der Waals surface area contributed by atoms with E-state index in [1.54, 1.807) is 0 Å². The second kappa shape index (κ2) is 13.4. The minimum atomic E-state index is 1.10. The minimum absolute atomic E-state index is 1.10. The summed E-state index contributed by atoms with van der Waals surface area (Å²) >= 11 is 0. The number of nitrogens with zero attached hydrogens (tertiary/aromatic N) is 2. The van der Waals surface area contributed by atoms with Crippen molar-refractivity contribution in [1.82, 2.24) is 4.57 Å².